The summed E-state index contributed by atoms with van der Waals surface area (Å²) in [6.45, 7) is 0.664. The Kier molecular flexibility index (Phi) is 2.54. The first-order valence-corrected chi connectivity index (χ1v) is 2.48. The van der Waals surface area contributed by atoms with E-state index in [9.17, 15) is 10.1 Å². The molecule has 0 aliphatic carbocycles. The number of nitrogens with zero attached hydrogens (tertiary/aromatic N) is 1. The zero-order valence-corrected chi connectivity index (χ0v) is 5.07. The van der Waals surface area contributed by atoms with Crippen LogP contribution in [-0.2, 0) is 0 Å². The molecule has 0 spiro atoms. The van der Waals surface area contributed by atoms with Crippen LogP contribution in [0.1, 0.15) is 13.3 Å². The monoisotopic (exact) mass is 135 g/mol. The van der Waals surface area contributed by atoms with Crippen molar-refractivity contribution in [1.29, 1.82) is 0 Å². The molecule has 0 aliphatic heterocycles. The smallest absolute Gasteiger partial charge is 0.321 e. The van der Waals surface area contributed by atoms with Gasteiger partial charge in [0, 0.05) is 6.92 Å². The molecule has 2 N–H and O–H groups in total. The highest BCUT2D eigenvalue weighted by Crippen LogP contribution is 2.07. The van der Waals surface area contributed by atoms with Gasteiger partial charge in [0.25, 0.3) is 0 Å². The fourth-order valence-corrected chi connectivity index (χ4v) is 0.303. The molecule has 1 unspecified atom stereocenters. The molecule has 5 heteroatoms. The Labute approximate surface area is 52.1 Å². The summed E-state index contributed by atoms with van der Waals surface area (Å²) in [5.41, 5.74) is -1.98. The Morgan fingerprint density at radius 3 is 2.33 bits per heavy atom. The molecule has 0 saturated heterocycles. The van der Waals surface area contributed by atoms with E-state index >= 15 is 0 Å². The highest BCUT2D eigenvalue weighted by Gasteiger charge is 2.32. The lowest BCUT2D eigenvalue weighted by Gasteiger charge is -2.10. The minimum absolute atomic E-state index is 0.236. The third-order valence-corrected chi connectivity index (χ3v) is 0.979. The van der Waals surface area contributed by atoms with Gasteiger partial charge < -0.3 is 10.2 Å². The molecule has 9 heavy (non-hydrogen) atoms. The van der Waals surface area contributed by atoms with Gasteiger partial charge in [0.05, 0.1) is 18.0 Å². The van der Waals surface area contributed by atoms with Crippen molar-refractivity contribution < 1.29 is 15.1 Å². The Morgan fingerprint density at radius 1 is 1.78 bits per heavy atom. The van der Waals surface area contributed by atoms with Gasteiger partial charge in [-0.05, 0) is 0 Å². The van der Waals surface area contributed by atoms with E-state index in [2.05, 4.69) is 0 Å². The van der Waals surface area contributed by atoms with Crippen molar-refractivity contribution in [3.05, 3.63) is 10.1 Å². The van der Waals surface area contributed by atoms with Crippen LogP contribution in [-0.4, -0.2) is 27.5 Å². The SMILES string of the molecule is CC(O)(CCO)[N+](=O)[O-]. The molecule has 0 fully saturated rings. The second kappa shape index (κ2) is 2.75. The van der Waals surface area contributed by atoms with Crippen LogP contribution in [0.5, 0.6) is 0 Å². The van der Waals surface area contributed by atoms with Gasteiger partial charge in [-0.3, -0.25) is 10.1 Å². The standard InChI is InChI=1S/C4H9NO4/c1-4(7,2-3-6)5(8)9/h6-7H,2-3H2,1H3. The van der Waals surface area contributed by atoms with Crippen molar-refractivity contribution in [2.45, 2.75) is 19.1 Å². The van der Waals surface area contributed by atoms with Gasteiger partial charge in [0.1, 0.15) is 0 Å². The molecule has 0 saturated carbocycles. The summed E-state index contributed by atoms with van der Waals surface area (Å²) in [5.74, 6) is 0. The summed E-state index contributed by atoms with van der Waals surface area (Å²) in [7, 11) is 0. The lowest BCUT2D eigenvalue weighted by molar-refractivity contribution is -0.620. The molecule has 0 heterocycles. The first-order valence-electron chi connectivity index (χ1n) is 2.48. The predicted molar refractivity (Wildman–Crippen MR) is 29.3 cm³/mol. The van der Waals surface area contributed by atoms with Gasteiger partial charge in [-0.15, -0.1) is 0 Å². The number of aliphatic hydroxyl groups excluding tert-OH is 1. The molecular weight excluding hydrogens is 126 g/mol. The summed E-state index contributed by atoms with van der Waals surface area (Å²) in [4.78, 5) is 9.03. The summed E-state index contributed by atoms with van der Waals surface area (Å²) >= 11 is 0. The van der Waals surface area contributed by atoms with Gasteiger partial charge in [-0.2, -0.15) is 0 Å². The molecule has 0 aromatic carbocycles. The Balaban J connectivity index is 3.85. The quantitative estimate of drug-likeness (QED) is 0.306. The van der Waals surface area contributed by atoms with Gasteiger partial charge in [0.15, 0.2) is 0 Å². The molecular formula is C4H9NO4. The number of rotatable bonds is 3. The predicted octanol–water partition coefficient (Wildman–Crippen LogP) is -0.646. The first kappa shape index (κ1) is 8.32. The summed E-state index contributed by atoms with van der Waals surface area (Å²) in [6, 6.07) is 0. The van der Waals surface area contributed by atoms with Crippen LogP contribution in [0.3, 0.4) is 0 Å². The van der Waals surface area contributed by atoms with E-state index in [-0.39, 0.29) is 13.0 Å². The van der Waals surface area contributed by atoms with Crippen LogP contribution in [0.4, 0.5) is 0 Å². The maximum absolute atomic E-state index is 9.86. The van der Waals surface area contributed by atoms with E-state index < -0.39 is 10.6 Å². The summed E-state index contributed by atoms with van der Waals surface area (Å²) < 4.78 is 0. The van der Waals surface area contributed by atoms with Crippen LogP contribution in [0.25, 0.3) is 0 Å². The molecule has 0 aromatic rings. The Bertz CT molecular complexity index is 111. The second-order valence-electron chi connectivity index (χ2n) is 1.95. The molecule has 54 valence electrons. The van der Waals surface area contributed by atoms with Crippen LogP contribution in [0.2, 0.25) is 0 Å². The Hall–Kier alpha value is -0.680. The van der Waals surface area contributed by atoms with E-state index in [1.54, 1.807) is 0 Å². The lowest BCUT2D eigenvalue weighted by Crippen LogP contribution is -2.35. The first-order chi connectivity index (χ1) is 4.00. The topological polar surface area (TPSA) is 83.6 Å². The Morgan fingerprint density at radius 2 is 2.22 bits per heavy atom. The molecule has 0 aromatic heterocycles. The minimum atomic E-state index is -1.98. The number of hydrogen-bond donors (Lipinski definition) is 2. The third-order valence-electron chi connectivity index (χ3n) is 0.979. The van der Waals surface area contributed by atoms with Gasteiger partial charge in [-0.25, -0.2) is 0 Å². The van der Waals surface area contributed by atoms with E-state index in [0.717, 1.165) is 6.92 Å². The molecule has 0 aliphatic rings. The van der Waals surface area contributed by atoms with Crippen molar-refractivity contribution in [2.24, 2.45) is 0 Å². The lowest BCUT2D eigenvalue weighted by atomic mass is 10.2. The van der Waals surface area contributed by atoms with Crippen LogP contribution >= 0.6 is 0 Å². The normalized spacial score (nSPS) is 16.8. The van der Waals surface area contributed by atoms with E-state index in [1.165, 1.54) is 0 Å². The number of aliphatic hydroxyl groups is 2. The fourth-order valence-electron chi connectivity index (χ4n) is 0.303. The highest BCUT2D eigenvalue weighted by atomic mass is 16.7. The van der Waals surface area contributed by atoms with E-state index in [0.29, 0.717) is 0 Å². The van der Waals surface area contributed by atoms with Crippen LogP contribution < -0.4 is 0 Å². The second-order valence-corrected chi connectivity index (χ2v) is 1.95. The third kappa shape index (κ3) is 2.39. The van der Waals surface area contributed by atoms with Crippen molar-refractivity contribution in [1.82, 2.24) is 0 Å². The molecule has 0 bridgehead atoms. The molecule has 0 radical (unpaired) electrons. The van der Waals surface area contributed by atoms with Crippen molar-refractivity contribution in [2.75, 3.05) is 6.61 Å². The minimum Gasteiger partial charge on any atom is -0.396 e. The molecule has 0 amide bonds. The number of hydrogen-bond acceptors (Lipinski definition) is 4. The summed E-state index contributed by atoms with van der Waals surface area (Å²) in [5, 5.41) is 26.8. The van der Waals surface area contributed by atoms with Gasteiger partial charge >= 0.3 is 5.72 Å². The maximum atomic E-state index is 9.86. The molecule has 1 atom stereocenters. The van der Waals surface area contributed by atoms with Crippen molar-refractivity contribution in [3.63, 3.8) is 0 Å². The average molecular weight is 135 g/mol. The van der Waals surface area contributed by atoms with Crippen LogP contribution in [0, 0.1) is 10.1 Å². The fraction of sp³-hybridized carbons (Fsp3) is 1.00. The van der Waals surface area contributed by atoms with Gasteiger partial charge in [0.2, 0.25) is 0 Å². The van der Waals surface area contributed by atoms with Crippen LogP contribution in [0.15, 0.2) is 0 Å². The molecule has 0 rings (SSSR count). The van der Waals surface area contributed by atoms with Crippen molar-refractivity contribution >= 4 is 0 Å². The number of nitro groups is 1. The zero-order chi connectivity index (χ0) is 7.49. The van der Waals surface area contributed by atoms with Crippen molar-refractivity contribution in [3.8, 4) is 0 Å². The van der Waals surface area contributed by atoms with E-state index in [1.807, 2.05) is 0 Å². The average Bonchev–Trinajstić information content (AvgIpc) is 1.65. The van der Waals surface area contributed by atoms with E-state index in [4.69, 9.17) is 10.2 Å². The highest BCUT2D eigenvalue weighted by molar-refractivity contribution is 4.55. The molecule has 5 nitrogen and oxygen atoms in total. The zero-order valence-electron chi connectivity index (χ0n) is 5.07. The summed E-state index contributed by atoms with van der Waals surface area (Å²) in [6.07, 6.45) is -0.236. The van der Waals surface area contributed by atoms with Gasteiger partial charge in [-0.1, -0.05) is 0 Å². The maximum Gasteiger partial charge on any atom is 0.321 e. The largest absolute Gasteiger partial charge is 0.396 e.